The van der Waals surface area contributed by atoms with Crippen molar-refractivity contribution in [1.82, 2.24) is 4.90 Å². The maximum atomic E-state index is 12.4. The fourth-order valence-electron chi connectivity index (χ4n) is 2.18. The number of anilines is 1. The van der Waals surface area contributed by atoms with Crippen LogP contribution in [0.4, 0.5) is 20.2 Å². The van der Waals surface area contributed by atoms with E-state index in [4.69, 9.17) is 5.73 Å². The predicted molar refractivity (Wildman–Crippen MR) is 86.4 cm³/mol. The third kappa shape index (κ3) is 4.63. The quantitative estimate of drug-likeness (QED) is 0.490. The molecule has 0 aliphatic heterocycles. The summed E-state index contributed by atoms with van der Waals surface area (Å²) in [6.45, 7) is -2.72. The lowest BCUT2D eigenvalue weighted by molar-refractivity contribution is -0.383. The minimum Gasteiger partial charge on any atom is -0.435 e. The maximum Gasteiger partial charge on any atom is 0.387 e. The lowest BCUT2D eigenvalue weighted by Gasteiger charge is -2.17. The van der Waals surface area contributed by atoms with Crippen molar-refractivity contribution in [3.63, 3.8) is 0 Å². The van der Waals surface area contributed by atoms with E-state index in [0.29, 0.717) is 5.56 Å². The van der Waals surface area contributed by atoms with Gasteiger partial charge in [0.25, 0.3) is 11.6 Å². The number of nitro benzene ring substituents is 1. The van der Waals surface area contributed by atoms with Crippen LogP contribution in [0, 0.1) is 10.1 Å². The molecule has 2 aromatic carbocycles. The molecule has 25 heavy (non-hydrogen) atoms. The summed E-state index contributed by atoms with van der Waals surface area (Å²) < 4.78 is 28.5. The number of halogens is 2. The maximum absolute atomic E-state index is 12.4. The molecule has 0 heterocycles. The number of hydrogen-bond donors (Lipinski definition) is 1. The van der Waals surface area contributed by atoms with Crippen molar-refractivity contribution in [2.45, 2.75) is 13.2 Å². The highest BCUT2D eigenvalue weighted by Gasteiger charge is 2.18. The number of nitro groups is 1. The Bertz CT molecular complexity index is 781. The van der Waals surface area contributed by atoms with E-state index in [-0.39, 0.29) is 29.2 Å². The zero-order chi connectivity index (χ0) is 18.6. The molecule has 0 bridgehead atoms. The van der Waals surface area contributed by atoms with Crippen LogP contribution in [0.2, 0.25) is 0 Å². The Labute approximate surface area is 141 Å². The van der Waals surface area contributed by atoms with E-state index < -0.39 is 17.4 Å². The second-order valence-corrected chi connectivity index (χ2v) is 5.21. The molecule has 0 aromatic heterocycles. The monoisotopic (exact) mass is 351 g/mol. The van der Waals surface area contributed by atoms with Crippen LogP contribution in [0.15, 0.2) is 42.5 Å². The van der Waals surface area contributed by atoms with Crippen molar-refractivity contribution in [3.8, 4) is 5.75 Å². The average Bonchev–Trinajstić information content (AvgIpc) is 2.55. The van der Waals surface area contributed by atoms with Gasteiger partial charge in [0, 0.05) is 25.2 Å². The zero-order valence-corrected chi connectivity index (χ0v) is 13.2. The molecule has 0 unspecified atom stereocenters. The van der Waals surface area contributed by atoms with Gasteiger partial charge >= 0.3 is 6.61 Å². The summed E-state index contributed by atoms with van der Waals surface area (Å²) in [4.78, 5) is 24.0. The number of nitrogens with zero attached hydrogens (tertiary/aromatic N) is 2. The second kappa shape index (κ2) is 7.56. The Balaban J connectivity index is 2.10. The Morgan fingerprint density at radius 2 is 1.92 bits per heavy atom. The number of alkyl halides is 2. The number of carbonyl (C=O) groups excluding carboxylic acids is 1. The van der Waals surface area contributed by atoms with Crippen LogP contribution in [0.1, 0.15) is 15.9 Å². The highest BCUT2D eigenvalue weighted by Crippen LogP contribution is 2.23. The molecule has 2 aromatic rings. The largest absolute Gasteiger partial charge is 0.435 e. The van der Waals surface area contributed by atoms with Gasteiger partial charge in [-0.15, -0.1) is 0 Å². The van der Waals surface area contributed by atoms with Crippen LogP contribution in [0.5, 0.6) is 5.75 Å². The van der Waals surface area contributed by atoms with E-state index >= 15 is 0 Å². The lowest BCUT2D eigenvalue weighted by atomic mass is 10.1. The molecular formula is C16H15F2N3O4. The summed E-state index contributed by atoms with van der Waals surface area (Å²) >= 11 is 0. The highest BCUT2D eigenvalue weighted by atomic mass is 19.3. The number of nitrogen functional groups attached to an aromatic ring is 1. The first-order valence-electron chi connectivity index (χ1n) is 7.11. The Hall–Kier alpha value is -3.23. The number of carbonyl (C=O) groups is 1. The Morgan fingerprint density at radius 3 is 2.48 bits per heavy atom. The van der Waals surface area contributed by atoms with Crippen molar-refractivity contribution in [3.05, 3.63) is 63.7 Å². The third-order valence-corrected chi connectivity index (χ3v) is 3.39. The van der Waals surface area contributed by atoms with Crippen molar-refractivity contribution >= 4 is 17.3 Å². The normalized spacial score (nSPS) is 10.6. The molecule has 1 amide bonds. The third-order valence-electron chi connectivity index (χ3n) is 3.39. The molecule has 0 spiro atoms. The van der Waals surface area contributed by atoms with Gasteiger partial charge in [0.15, 0.2) is 0 Å². The standard InChI is InChI=1S/C16H15F2N3O4/c1-20(9-10-2-5-12(6-3-10)25-16(17)18)15(22)11-4-7-13(19)14(8-11)21(23)24/h2-8,16H,9,19H2,1H3. The molecule has 9 heteroatoms. The molecule has 132 valence electrons. The van der Waals surface area contributed by atoms with Crippen LogP contribution in [-0.2, 0) is 6.54 Å². The van der Waals surface area contributed by atoms with Crippen LogP contribution in [0.3, 0.4) is 0 Å². The SMILES string of the molecule is CN(Cc1ccc(OC(F)F)cc1)C(=O)c1ccc(N)c([N+](=O)[O-])c1. The summed E-state index contributed by atoms with van der Waals surface area (Å²) in [7, 11) is 1.52. The minimum atomic E-state index is -2.91. The molecule has 0 fully saturated rings. The first-order valence-corrected chi connectivity index (χ1v) is 7.11. The zero-order valence-electron chi connectivity index (χ0n) is 13.2. The molecule has 0 radical (unpaired) electrons. The molecule has 0 aliphatic carbocycles. The van der Waals surface area contributed by atoms with Gasteiger partial charge in [0.05, 0.1) is 4.92 Å². The molecule has 0 atom stereocenters. The van der Waals surface area contributed by atoms with Crippen molar-refractivity contribution in [1.29, 1.82) is 0 Å². The molecule has 0 saturated heterocycles. The lowest BCUT2D eigenvalue weighted by Crippen LogP contribution is -2.26. The van der Waals surface area contributed by atoms with E-state index in [0.717, 1.165) is 6.07 Å². The van der Waals surface area contributed by atoms with Gasteiger partial charge in [-0.05, 0) is 29.8 Å². The number of benzene rings is 2. The number of nitrogens with two attached hydrogens (primary N) is 1. The van der Waals surface area contributed by atoms with Crippen molar-refractivity contribution in [2.24, 2.45) is 0 Å². The van der Waals surface area contributed by atoms with Gasteiger partial charge in [-0.3, -0.25) is 14.9 Å². The molecule has 2 rings (SSSR count). The van der Waals surface area contributed by atoms with Gasteiger partial charge in [-0.1, -0.05) is 12.1 Å². The van der Waals surface area contributed by atoms with E-state index in [1.165, 1.54) is 36.2 Å². The molecule has 7 nitrogen and oxygen atoms in total. The van der Waals surface area contributed by atoms with Crippen LogP contribution in [0.25, 0.3) is 0 Å². The summed E-state index contributed by atoms with van der Waals surface area (Å²) in [6.07, 6.45) is 0. The highest BCUT2D eigenvalue weighted by molar-refractivity contribution is 5.95. The van der Waals surface area contributed by atoms with Crippen molar-refractivity contribution in [2.75, 3.05) is 12.8 Å². The first kappa shape index (κ1) is 18.1. The van der Waals surface area contributed by atoms with E-state index in [2.05, 4.69) is 4.74 Å². The Kier molecular flexibility index (Phi) is 5.48. The van der Waals surface area contributed by atoms with Crippen molar-refractivity contribution < 1.29 is 23.2 Å². The molecular weight excluding hydrogens is 336 g/mol. The number of ether oxygens (including phenoxy) is 1. The van der Waals surface area contributed by atoms with Gasteiger partial charge in [0.1, 0.15) is 11.4 Å². The second-order valence-electron chi connectivity index (χ2n) is 5.21. The molecule has 2 N–H and O–H groups in total. The summed E-state index contributed by atoms with van der Waals surface area (Å²) in [5, 5.41) is 10.9. The topological polar surface area (TPSA) is 98.7 Å². The van der Waals surface area contributed by atoms with Gasteiger partial charge < -0.3 is 15.4 Å². The van der Waals surface area contributed by atoms with E-state index in [9.17, 15) is 23.7 Å². The predicted octanol–water partition coefficient (Wildman–Crippen LogP) is 3.05. The average molecular weight is 351 g/mol. The van der Waals surface area contributed by atoms with Crippen LogP contribution >= 0.6 is 0 Å². The number of hydrogen-bond acceptors (Lipinski definition) is 5. The molecule has 0 aliphatic rings. The number of amides is 1. The van der Waals surface area contributed by atoms with Gasteiger partial charge in [-0.2, -0.15) is 8.78 Å². The minimum absolute atomic E-state index is 0.0156. The van der Waals surface area contributed by atoms with Crippen LogP contribution in [-0.4, -0.2) is 29.4 Å². The fraction of sp³-hybridized carbons (Fsp3) is 0.188. The van der Waals surface area contributed by atoms with Gasteiger partial charge in [0.2, 0.25) is 0 Å². The van der Waals surface area contributed by atoms with E-state index in [1.54, 1.807) is 12.1 Å². The van der Waals surface area contributed by atoms with Crippen LogP contribution < -0.4 is 10.5 Å². The fourth-order valence-corrected chi connectivity index (χ4v) is 2.18. The summed E-state index contributed by atoms with van der Waals surface area (Å²) in [6, 6.07) is 9.66. The summed E-state index contributed by atoms with van der Waals surface area (Å²) in [5.41, 5.74) is 5.95. The summed E-state index contributed by atoms with van der Waals surface area (Å²) in [5.74, 6) is -0.419. The van der Waals surface area contributed by atoms with E-state index in [1.807, 2.05) is 0 Å². The smallest absolute Gasteiger partial charge is 0.387 e. The first-order chi connectivity index (χ1) is 11.8. The van der Waals surface area contributed by atoms with Gasteiger partial charge in [-0.25, -0.2) is 0 Å². The number of rotatable bonds is 6. The molecule has 0 saturated carbocycles. The Morgan fingerprint density at radius 1 is 1.28 bits per heavy atom.